The number of carbonyl (C=O) groups is 1. The molecule has 1 atom stereocenters. The van der Waals surface area contributed by atoms with E-state index in [9.17, 15) is 4.79 Å². The van der Waals surface area contributed by atoms with E-state index < -0.39 is 0 Å². The minimum Gasteiger partial charge on any atom is -0.398 e. The molecular formula is C18H20N2O. The second-order valence-corrected chi connectivity index (χ2v) is 5.59. The molecule has 0 spiro atoms. The van der Waals surface area contributed by atoms with E-state index in [2.05, 4.69) is 29.2 Å². The Balaban J connectivity index is 1.96. The molecule has 1 unspecified atom stereocenters. The molecule has 0 saturated carbocycles. The van der Waals surface area contributed by atoms with Crippen molar-refractivity contribution in [1.82, 2.24) is 0 Å². The third-order valence-corrected chi connectivity index (χ3v) is 4.18. The molecule has 2 aromatic carbocycles. The van der Waals surface area contributed by atoms with Gasteiger partial charge in [-0.1, -0.05) is 30.3 Å². The van der Waals surface area contributed by atoms with Gasteiger partial charge in [-0.25, -0.2) is 0 Å². The Hall–Kier alpha value is -2.29. The maximum absolute atomic E-state index is 11.7. The molecule has 1 saturated heterocycles. The minimum absolute atomic E-state index is 0.0183. The zero-order valence-corrected chi connectivity index (χ0v) is 12.3. The third kappa shape index (κ3) is 2.64. The largest absolute Gasteiger partial charge is 0.398 e. The van der Waals surface area contributed by atoms with Gasteiger partial charge in [-0.2, -0.15) is 0 Å². The second kappa shape index (κ2) is 5.60. The maximum Gasteiger partial charge on any atom is 0.161 e. The average Bonchev–Trinajstić information content (AvgIpc) is 2.98. The highest BCUT2D eigenvalue weighted by atomic mass is 16.1. The number of nitrogen functional groups attached to an aromatic ring is 1. The maximum atomic E-state index is 11.7. The fraction of sp³-hybridized carbons (Fsp3) is 0.278. The molecule has 3 heteroatoms. The SMILES string of the molecule is CC(=O)c1cc(N2CCCC2c2ccccc2)ccc1N. The smallest absolute Gasteiger partial charge is 0.161 e. The van der Waals surface area contributed by atoms with Crippen molar-refractivity contribution < 1.29 is 4.79 Å². The third-order valence-electron chi connectivity index (χ3n) is 4.18. The van der Waals surface area contributed by atoms with E-state index in [-0.39, 0.29) is 5.78 Å². The number of Topliss-reactive ketones (excluding diaryl/α,β-unsaturated/α-hetero) is 1. The van der Waals surface area contributed by atoms with Crippen LogP contribution in [0, 0.1) is 0 Å². The fourth-order valence-corrected chi connectivity index (χ4v) is 3.13. The topological polar surface area (TPSA) is 46.3 Å². The van der Waals surface area contributed by atoms with Gasteiger partial charge in [0.1, 0.15) is 0 Å². The summed E-state index contributed by atoms with van der Waals surface area (Å²) in [5.41, 5.74) is 9.48. The van der Waals surface area contributed by atoms with Gasteiger partial charge in [0.25, 0.3) is 0 Å². The molecule has 108 valence electrons. The highest BCUT2D eigenvalue weighted by Gasteiger charge is 2.26. The summed E-state index contributed by atoms with van der Waals surface area (Å²) in [4.78, 5) is 14.1. The van der Waals surface area contributed by atoms with Gasteiger partial charge in [-0.05, 0) is 43.5 Å². The van der Waals surface area contributed by atoms with E-state index in [0.29, 0.717) is 17.3 Å². The summed E-state index contributed by atoms with van der Waals surface area (Å²) in [6, 6.07) is 16.7. The van der Waals surface area contributed by atoms with Gasteiger partial charge >= 0.3 is 0 Å². The van der Waals surface area contributed by atoms with E-state index >= 15 is 0 Å². The minimum atomic E-state index is 0.0183. The van der Waals surface area contributed by atoms with Gasteiger partial charge < -0.3 is 10.6 Å². The molecule has 1 fully saturated rings. The number of hydrogen-bond donors (Lipinski definition) is 1. The van der Waals surface area contributed by atoms with Crippen LogP contribution in [0.4, 0.5) is 11.4 Å². The van der Waals surface area contributed by atoms with Crippen molar-refractivity contribution in [2.24, 2.45) is 0 Å². The van der Waals surface area contributed by atoms with Gasteiger partial charge in [0.2, 0.25) is 0 Å². The van der Waals surface area contributed by atoms with Crippen molar-refractivity contribution in [2.45, 2.75) is 25.8 Å². The standard InChI is InChI=1S/C18H20N2O/c1-13(21)16-12-15(9-10-17(16)19)20-11-5-8-18(20)14-6-3-2-4-7-14/h2-4,6-7,9-10,12,18H,5,8,11,19H2,1H3. The molecule has 0 bridgehead atoms. The zero-order chi connectivity index (χ0) is 14.8. The number of anilines is 2. The zero-order valence-electron chi connectivity index (χ0n) is 12.3. The van der Waals surface area contributed by atoms with Crippen molar-refractivity contribution in [1.29, 1.82) is 0 Å². The molecule has 3 rings (SSSR count). The van der Waals surface area contributed by atoms with Crippen LogP contribution in [-0.2, 0) is 0 Å². The molecule has 0 aliphatic carbocycles. The molecule has 1 aliphatic rings. The van der Waals surface area contributed by atoms with Crippen LogP contribution in [0.15, 0.2) is 48.5 Å². The van der Waals surface area contributed by atoms with Crippen LogP contribution in [-0.4, -0.2) is 12.3 Å². The number of nitrogens with zero attached hydrogens (tertiary/aromatic N) is 1. The van der Waals surface area contributed by atoms with Gasteiger partial charge in [-0.3, -0.25) is 4.79 Å². The summed E-state index contributed by atoms with van der Waals surface area (Å²) in [7, 11) is 0. The summed E-state index contributed by atoms with van der Waals surface area (Å²) in [6.07, 6.45) is 2.31. The molecule has 3 nitrogen and oxygen atoms in total. The number of nitrogens with two attached hydrogens (primary N) is 1. The first kappa shape index (κ1) is 13.7. The Morgan fingerprint density at radius 1 is 1.19 bits per heavy atom. The van der Waals surface area contributed by atoms with Crippen LogP contribution in [0.2, 0.25) is 0 Å². The Kier molecular flexibility index (Phi) is 3.65. The highest BCUT2D eigenvalue weighted by molar-refractivity contribution is 6.00. The molecule has 0 amide bonds. The molecule has 0 aromatic heterocycles. The molecule has 0 radical (unpaired) electrons. The van der Waals surface area contributed by atoms with E-state index in [4.69, 9.17) is 5.73 Å². The number of benzene rings is 2. The quantitative estimate of drug-likeness (QED) is 0.687. The lowest BCUT2D eigenvalue weighted by atomic mass is 10.0. The summed E-state index contributed by atoms with van der Waals surface area (Å²) < 4.78 is 0. The number of rotatable bonds is 3. The Labute approximate surface area is 125 Å². The Bertz CT molecular complexity index is 652. The number of hydrogen-bond acceptors (Lipinski definition) is 3. The number of carbonyl (C=O) groups excluding carboxylic acids is 1. The van der Waals surface area contributed by atoms with Crippen LogP contribution in [0.3, 0.4) is 0 Å². The first-order chi connectivity index (χ1) is 10.2. The van der Waals surface area contributed by atoms with Gasteiger partial charge in [0.05, 0.1) is 6.04 Å². The van der Waals surface area contributed by atoms with Gasteiger partial charge in [0, 0.05) is 23.5 Å². The first-order valence-corrected chi connectivity index (χ1v) is 7.39. The van der Waals surface area contributed by atoms with Crippen molar-refractivity contribution in [3.63, 3.8) is 0 Å². The normalized spacial score (nSPS) is 18.0. The average molecular weight is 280 g/mol. The van der Waals surface area contributed by atoms with Gasteiger partial charge in [-0.15, -0.1) is 0 Å². The number of ketones is 1. The van der Waals surface area contributed by atoms with Crippen LogP contribution in [0.5, 0.6) is 0 Å². The van der Waals surface area contributed by atoms with E-state index in [1.165, 1.54) is 12.0 Å². The lowest BCUT2D eigenvalue weighted by Gasteiger charge is -2.27. The van der Waals surface area contributed by atoms with Crippen molar-refractivity contribution in [3.05, 3.63) is 59.7 Å². The monoisotopic (exact) mass is 280 g/mol. The highest BCUT2D eigenvalue weighted by Crippen LogP contribution is 2.37. The molecule has 1 heterocycles. The molecular weight excluding hydrogens is 260 g/mol. The first-order valence-electron chi connectivity index (χ1n) is 7.39. The predicted molar refractivity (Wildman–Crippen MR) is 86.6 cm³/mol. The summed E-state index contributed by atoms with van der Waals surface area (Å²) in [5, 5.41) is 0. The molecule has 2 N–H and O–H groups in total. The lowest BCUT2D eigenvalue weighted by molar-refractivity contribution is 0.101. The summed E-state index contributed by atoms with van der Waals surface area (Å²) in [6.45, 7) is 2.58. The second-order valence-electron chi connectivity index (χ2n) is 5.59. The molecule has 2 aromatic rings. The van der Waals surface area contributed by atoms with Crippen molar-refractivity contribution >= 4 is 17.2 Å². The fourth-order valence-electron chi connectivity index (χ4n) is 3.13. The predicted octanol–water partition coefficient (Wildman–Crippen LogP) is 3.81. The van der Waals surface area contributed by atoms with Crippen LogP contribution in [0.1, 0.15) is 41.7 Å². The Morgan fingerprint density at radius 2 is 1.95 bits per heavy atom. The van der Waals surface area contributed by atoms with Crippen LogP contribution in [0.25, 0.3) is 0 Å². The van der Waals surface area contributed by atoms with E-state index in [1.54, 1.807) is 6.92 Å². The van der Waals surface area contributed by atoms with E-state index in [0.717, 1.165) is 18.7 Å². The summed E-state index contributed by atoms with van der Waals surface area (Å²) in [5.74, 6) is 0.0183. The lowest BCUT2D eigenvalue weighted by Crippen LogP contribution is -2.22. The molecule has 1 aliphatic heterocycles. The summed E-state index contributed by atoms with van der Waals surface area (Å²) >= 11 is 0. The van der Waals surface area contributed by atoms with Gasteiger partial charge in [0.15, 0.2) is 5.78 Å². The van der Waals surface area contributed by atoms with Crippen molar-refractivity contribution in [3.8, 4) is 0 Å². The van der Waals surface area contributed by atoms with Crippen LogP contribution < -0.4 is 10.6 Å². The van der Waals surface area contributed by atoms with E-state index in [1.807, 2.05) is 24.3 Å². The van der Waals surface area contributed by atoms with Crippen molar-refractivity contribution in [2.75, 3.05) is 17.2 Å². The Morgan fingerprint density at radius 3 is 2.67 bits per heavy atom. The molecule has 21 heavy (non-hydrogen) atoms. The van der Waals surface area contributed by atoms with Crippen LogP contribution >= 0.6 is 0 Å².